The number of hydrogen-bond donors (Lipinski definition) is 0. The maximum atomic E-state index is 11.9. The van der Waals surface area contributed by atoms with Crippen molar-refractivity contribution in [3.63, 3.8) is 0 Å². The summed E-state index contributed by atoms with van der Waals surface area (Å²) in [5, 5.41) is 8.03. The highest BCUT2D eigenvalue weighted by atomic mass is 16.5. The van der Waals surface area contributed by atoms with Crippen molar-refractivity contribution in [3.05, 3.63) is 11.6 Å². The lowest BCUT2D eigenvalue weighted by atomic mass is 9.75. The summed E-state index contributed by atoms with van der Waals surface area (Å²) >= 11 is 0. The summed E-state index contributed by atoms with van der Waals surface area (Å²) < 4.78 is 7.02. The first-order chi connectivity index (χ1) is 8.94. The average molecular weight is 265 g/mol. The zero-order valence-corrected chi connectivity index (χ0v) is 12.3. The molecule has 0 amide bonds. The zero-order valence-electron chi connectivity index (χ0n) is 12.3. The molecule has 0 atom stereocenters. The topological polar surface area (TPSA) is 57.0 Å². The summed E-state index contributed by atoms with van der Waals surface area (Å²) in [7, 11) is 0. The third kappa shape index (κ3) is 2.96. The molecule has 106 valence electrons. The van der Waals surface area contributed by atoms with Crippen molar-refractivity contribution in [3.8, 4) is 0 Å². The van der Waals surface area contributed by atoms with Gasteiger partial charge in [-0.2, -0.15) is 0 Å². The Balaban J connectivity index is 2.20. The normalized spacial score (nSPS) is 19.4. The zero-order chi connectivity index (χ0) is 14.0. The van der Waals surface area contributed by atoms with Crippen molar-refractivity contribution in [2.45, 2.75) is 59.4 Å². The van der Waals surface area contributed by atoms with Crippen LogP contribution in [0, 0.1) is 12.3 Å². The fourth-order valence-electron chi connectivity index (χ4n) is 2.78. The van der Waals surface area contributed by atoms with Crippen molar-refractivity contribution in [2.24, 2.45) is 5.41 Å². The fourth-order valence-corrected chi connectivity index (χ4v) is 2.78. The maximum Gasteiger partial charge on any atom is 0.376 e. The molecule has 1 aliphatic rings. The molecule has 1 fully saturated rings. The monoisotopic (exact) mass is 265 g/mol. The number of carbonyl (C=O) groups is 1. The van der Waals surface area contributed by atoms with E-state index in [9.17, 15) is 4.79 Å². The number of ether oxygens (including phenoxy) is 1. The van der Waals surface area contributed by atoms with E-state index >= 15 is 0 Å². The Morgan fingerprint density at radius 1 is 1.37 bits per heavy atom. The number of rotatable bonds is 3. The number of nitrogens with zero attached hydrogens (tertiary/aromatic N) is 3. The van der Waals surface area contributed by atoms with Gasteiger partial charge in [-0.05, 0) is 44.9 Å². The Labute approximate surface area is 114 Å². The van der Waals surface area contributed by atoms with Gasteiger partial charge in [-0.1, -0.05) is 13.8 Å². The number of esters is 1. The maximum absolute atomic E-state index is 11.9. The molecule has 0 saturated heterocycles. The molecule has 0 radical (unpaired) electrons. The lowest BCUT2D eigenvalue weighted by molar-refractivity contribution is 0.0498. The van der Waals surface area contributed by atoms with Crippen LogP contribution in [-0.4, -0.2) is 27.3 Å². The highest BCUT2D eigenvalue weighted by molar-refractivity contribution is 5.85. The second-order valence-corrected chi connectivity index (χ2v) is 6.06. The van der Waals surface area contributed by atoms with E-state index in [1.807, 2.05) is 11.5 Å². The van der Waals surface area contributed by atoms with Gasteiger partial charge in [0.05, 0.1) is 6.61 Å². The first-order valence-corrected chi connectivity index (χ1v) is 7.03. The lowest BCUT2D eigenvalue weighted by Gasteiger charge is -2.35. The summed E-state index contributed by atoms with van der Waals surface area (Å²) in [6.45, 7) is 8.66. The number of aromatic nitrogens is 3. The Bertz CT molecular complexity index is 455. The molecule has 1 aromatic rings. The highest BCUT2D eigenvalue weighted by Crippen LogP contribution is 2.40. The molecule has 5 nitrogen and oxygen atoms in total. The van der Waals surface area contributed by atoms with Crippen molar-refractivity contribution in [1.29, 1.82) is 0 Å². The second-order valence-electron chi connectivity index (χ2n) is 6.06. The lowest BCUT2D eigenvalue weighted by Crippen LogP contribution is -2.26. The minimum atomic E-state index is -0.368. The molecule has 1 aliphatic carbocycles. The number of aryl methyl sites for hydroxylation is 1. The van der Waals surface area contributed by atoms with Crippen LogP contribution in [0.1, 0.15) is 68.9 Å². The van der Waals surface area contributed by atoms with Gasteiger partial charge in [0.25, 0.3) is 0 Å². The summed E-state index contributed by atoms with van der Waals surface area (Å²) in [6.07, 6.45) is 4.46. The van der Waals surface area contributed by atoms with Crippen LogP contribution in [0.3, 0.4) is 0 Å². The Morgan fingerprint density at radius 3 is 2.58 bits per heavy atom. The minimum Gasteiger partial charge on any atom is -0.460 e. The molecule has 1 heterocycles. The van der Waals surface area contributed by atoms with Crippen LogP contribution in [0.25, 0.3) is 0 Å². The second kappa shape index (κ2) is 5.31. The molecule has 0 N–H and O–H groups in total. The molecule has 5 heteroatoms. The van der Waals surface area contributed by atoms with Crippen LogP contribution in [0.15, 0.2) is 0 Å². The summed E-state index contributed by atoms with van der Waals surface area (Å²) in [4.78, 5) is 11.9. The molecule has 1 saturated carbocycles. The van der Waals surface area contributed by atoms with E-state index in [-0.39, 0.29) is 5.97 Å². The number of carbonyl (C=O) groups excluding carboxylic acids is 1. The fraction of sp³-hybridized carbons (Fsp3) is 0.786. The van der Waals surface area contributed by atoms with E-state index < -0.39 is 0 Å². The SMILES string of the molecule is CCOC(=O)c1nnc(C)n1C1CCC(C)(C)CC1. The molecule has 2 rings (SSSR count). The van der Waals surface area contributed by atoms with Gasteiger partial charge >= 0.3 is 5.97 Å². The third-order valence-electron chi connectivity index (χ3n) is 4.00. The van der Waals surface area contributed by atoms with E-state index in [1.165, 1.54) is 0 Å². The molecule has 1 aromatic heterocycles. The van der Waals surface area contributed by atoms with Gasteiger partial charge in [-0.3, -0.25) is 0 Å². The van der Waals surface area contributed by atoms with Gasteiger partial charge in [0.2, 0.25) is 5.82 Å². The molecular formula is C14H23N3O2. The van der Waals surface area contributed by atoms with Crippen LogP contribution in [-0.2, 0) is 4.74 Å². The molecule has 0 unspecified atom stereocenters. The largest absolute Gasteiger partial charge is 0.460 e. The Kier molecular flexibility index (Phi) is 3.92. The molecule has 0 aromatic carbocycles. The first kappa shape index (κ1) is 14.0. The van der Waals surface area contributed by atoms with Gasteiger partial charge in [-0.25, -0.2) is 4.79 Å². The first-order valence-electron chi connectivity index (χ1n) is 7.03. The predicted octanol–water partition coefficient (Wildman–Crippen LogP) is 2.90. The van der Waals surface area contributed by atoms with E-state index in [2.05, 4.69) is 24.0 Å². The van der Waals surface area contributed by atoms with Crippen molar-refractivity contribution < 1.29 is 9.53 Å². The average Bonchev–Trinajstić information content (AvgIpc) is 2.72. The third-order valence-corrected chi connectivity index (χ3v) is 4.00. The van der Waals surface area contributed by atoms with Gasteiger partial charge in [0.15, 0.2) is 0 Å². The molecule has 19 heavy (non-hydrogen) atoms. The van der Waals surface area contributed by atoms with Crippen LogP contribution < -0.4 is 0 Å². The van der Waals surface area contributed by atoms with E-state index in [0.717, 1.165) is 31.5 Å². The van der Waals surface area contributed by atoms with Crippen LogP contribution >= 0.6 is 0 Å². The Hall–Kier alpha value is -1.39. The quantitative estimate of drug-likeness (QED) is 0.788. The molecular weight excluding hydrogens is 242 g/mol. The number of hydrogen-bond acceptors (Lipinski definition) is 4. The van der Waals surface area contributed by atoms with Crippen LogP contribution in [0.5, 0.6) is 0 Å². The van der Waals surface area contributed by atoms with Gasteiger partial charge < -0.3 is 9.30 Å². The molecule has 0 aliphatic heterocycles. The van der Waals surface area contributed by atoms with E-state index in [4.69, 9.17) is 4.74 Å². The highest BCUT2D eigenvalue weighted by Gasteiger charge is 2.31. The summed E-state index contributed by atoms with van der Waals surface area (Å²) in [5.74, 6) is 0.782. The predicted molar refractivity (Wildman–Crippen MR) is 72.0 cm³/mol. The van der Waals surface area contributed by atoms with Crippen molar-refractivity contribution in [1.82, 2.24) is 14.8 Å². The van der Waals surface area contributed by atoms with Crippen molar-refractivity contribution in [2.75, 3.05) is 6.61 Å². The minimum absolute atomic E-state index is 0.322. The molecule has 0 spiro atoms. The summed E-state index contributed by atoms with van der Waals surface area (Å²) in [6, 6.07) is 0.322. The van der Waals surface area contributed by atoms with E-state index in [0.29, 0.717) is 23.9 Å². The van der Waals surface area contributed by atoms with Crippen LogP contribution in [0.2, 0.25) is 0 Å². The van der Waals surface area contributed by atoms with Gasteiger partial charge in [-0.15, -0.1) is 10.2 Å². The molecule has 0 bridgehead atoms. The van der Waals surface area contributed by atoms with Crippen LogP contribution in [0.4, 0.5) is 0 Å². The standard InChI is InChI=1S/C14H23N3O2/c1-5-19-13(18)12-16-15-10(2)17(12)11-6-8-14(3,4)9-7-11/h11H,5-9H2,1-4H3. The Morgan fingerprint density at radius 2 is 2.00 bits per heavy atom. The van der Waals surface area contributed by atoms with Crippen molar-refractivity contribution >= 4 is 5.97 Å². The van der Waals surface area contributed by atoms with Gasteiger partial charge in [0.1, 0.15) is 5.82 Å². The summed E-state index contributed by atoms with van der Waals surface area (Å²) in [5.41, 5.74) is 0.405. The van der Waals surface area contributed by atoms with Gasteiger partial charge in [0, 0.05) is 6.04 Å². The smallest absolute Gasteiger partial charge is 0.376 e. The van der Waals surface area contributed by atoms with E-state index in [1.54, 1.807) is 6.92 Å².